The number of methoxy groups -OCH3 is 1. The molecule has 4 rings (SSSR count). The Labute approximate surface area is 210 Å². The van der Waals surface area contributed by atoms with E-state index in [-0.39, 0.29) is 19.1 Å². The lowest BCUT2D eigenvalue weighted by Crippen LogP contribution is -2.42. The summed E-state index contributed by atoms with van der Waals surface area (Å²) in [4.78, 5) is 25.4. The zero-order chi connectivity index (χ0) is 24.6. The highest BCUT2D eigenvalue weighted by molar-refractivity contribution is 7.98. The molecule has 7 heteroatoms. The smallest absolute Gasteiger partial charge is 0.407 e. The summed E-state index contributed by atoms with van der Waals surface area (Å²) in [5.41, 5.74) is 5.44. The van der Waals surface area contributed by atoms with Crippen LogP contribution in [0.4, 0.5) is 4.79 Å². The highest BCUT2D eigenvalue weighted by atomic mass is 32.2. The predicted molar refractivity (Wildman–Crippen MR) is 138 cm³/mol. The van der Waals surface area contributed by atoms with Crippen LogP contribution < -0.4 is 10.1 Å². The molecule has 0 aromatic heterocycles. The molecule has 1 N–H and O–H groups in total. The van der Waals surface area contributed by atoms with Gasteiger partial charge in [0.05, 0.1) is 7.11 Å². The van der Waals surface area contributed by atoms with Crippen molar-refractivity contribution in [3.8, 4) is 16.9 Å². The van der Waals surface area contributed by atoms with Gasteiger partial charge in [-0.3, -0.25) is 0 Å². The van der Waals surface area contributed by atoms with E-state index in [4.69, 9.17) is 14.2 Å². The zero-order valence-corrected chi connectivity index (χ0v) is 20.7. The number of hydrogen-bond donors (Lipinski definition) is 1. The van der Waals surface area contributed by atoms with Crippen molar-refractivity contribution in [2.75, 3.05) is 25.7 Å². The van der Waals surface area contributed by atoms with E-state index in [1.54, 1.807) is 18.9 Å². The molecule has 0 fully saturated rings. The van der Waals surface area contributed by atoms with E-state index >= 15 is 0 Å². The molecule has 1 aliphatic rings. The molecular weight excluding hydrogens is 462 g/mol. The topological polar surface area (TPSA) is 73.9 Å². The second-order valence-corrected chi connectivity index (χ2v) is 9.25. The Morgan fingerprint density at radius 1 is 0.914 bits per heavy atom. The fraction of sp³-hybridized carbons (Fsp3) is 0.286. The molecule has 0 heterocycles. The minimum atomic E-state index is -0.781. The number of alkyl carbamates (subject to hydrolysis) is 1. The maximum absolute atomic E-state index is 12.7. The quantitative estimate of drug-likeness (QED) is 0.383. The number of ether oxygens (including phenoxy) is 3. The summed E-state index contributed by atoms with van der Waals surface area (Å²) in [5.74, 6) is 0.907. The molecule has 0 saturated heterocycles. The molecule has 35 heavy (non-hydrogen) atoms. The van der Waals surface area contributed by atoms with Crippen molar-refractivity contribution in [1.82, 2.24) is 5.32 Å². The minimum absolute atomic E-state index is 0.0418. The van der Waals surface area contributed by atoms with Crippen molar-refractivity contribution in [1.29, 1.82) is 0 Å². The highest BCUT2D eigenvalue weighted by Crippen LogP contribution is 2.44. The van der Waals surface area contributed by atoms with Crippen LogP contribution in [0.1, 0.15) is 29.0 Å². The van der Waals surface area contributed by atoms with Gasteiger partial charge in [-0.1, -0.05) is 60.7 Å². The minimum Gasteiger partial charge on any atom is -0.497 e. The fourth-order valence-electron chi connectivity index (χ4n) is 4.24. The first-order valence-electron chi connectivity index (χ1n) is 11.5. The van der Waals surface area contributed by atoms with Crippen molar-refractivity contribution in [2.45, 2.75) is 25.0 Å². The van der Waals surface area contributed by atoms with Gasteiger partial charge in [-0.2, -0.15) is 11.8 Å². The van der Waals surface area contributed by atoms with Gasteiger partial charge in [-0.05, 0) is 58.4 Å². The van der Waals surface area contributed by atoms with E-state index in [9.17, 15) is 9.59 Å². The van der Waals surface area contributed by atoms with E-state index in [1.165, 1.54) is 0 Å². The molecule has 182 valence electrons. The zero-order valence-electron chi connectivity index (χ0n) is 19.9. The van der Waals surface area contributed by atoms with Gasteiger partial charge >= 0.3 is 12.1 Å². The molecule has 1 aliphatic carbocycles. The first kappa shape index (κ1) is 24.7. The van der Waals surface area contributed by atoms with E-state index in [0.29, 0.717) is 12.2 Å². The highest BCUT2D eigenvalue weighted by Gasteiger charge is 2.30. The van der Waals surface area contributed by atoms with E-state index in [2.05, 4.69) is 29.6 Å². The first-order chi connectivity index (χ1) is 17.1. The fourth-order valence-corrected chi connectivity index (χ4v) is 4.72. The second kappa shape index (κ2) is 11.8. The van der Waals surface area contributed by atoms with Gasteiger partial charge in [0.1, 0.15) is 25.0 Å². The number of hydrogen-bond acceptors (Lipinski definition) is 6. The van der Waals surface area contributed by atoms with Crippen LogP contribution in [0.25, 0.3) is 11.1 Å². The van der Waals surface area contributed by atoms with Crippen molar-refractivity contribution in [3.05, 3.63) is 89.5 Å². The van der Waals surface area contributed by atoms with Gasteiger partial charge in [0.2, 0.25) is 0 Å². The number of amides is 1. The Hall–Kier alpha value is -3.45. The number of esters is 1. The number of benzene rings is 3. The van der Waals surface area contributed by atoms with Gasteiger partial charge in [-0.25, -0.2) is 9.59 Å². The van der Waals surface area contributed by atoms with Crippen LogP contribution in [0, 0.1) is 0 Å². The third kappa shape index (κ3) is 5.98. The number of nitrogens with one attached hydrogen (secondary N) is 1. The number of carbonyl (C=O) groups excluding carboxylic acids is 2. The Morgan fingerprint density at radius 2 is 1.54 bits per heavy atom. The van der Waals surface area contributed by atoms with Gasteiger partial charge in [-0.15, -0.1) is 0 Å². The number of fused-ring (bicyclic) bond motifs is 3. The standard InChI is InChI=1S/C28H29NO5S/c1-32-20-13-11-19(12-14-20)17-33-27(30)26(15-16-35-2)29-28(31)34-18-25-23-9-5-3-7-21(23)22-8-4-6-10-24(22)25/h3-14,25-26H,15-18H2,1-2H3,(H,29,31)/t26-/m1/s1. The molecule has 6 nitrogen and oxygen atoms in total. The lowest BCUT2D eigenvalue weighted by Gasteiger charge is -2.19. The molecule has 0 bridgehead atoms. The van der Waals surface area contributed by atoms with Crippen molar-refractivity contribution in [3.63, 3.8) is 0 Å². The molecule has 3 aromatic rings. The molecule has 0 unspecified atom stereocenters. The average Bonchev–Trinajstić information content (AvgIpc) is 3.22. The Bertz CT molecular complexity index is 1120. The monoisotopic (exact) mass is 491 g/mol. The third-order valence-electron chi connectivity index (χ3n) is 6.07. The molecule has 0 radical (unpaired) electrons. The summed E-state index contributed by atoms with van der Waals surface area (Å²) >= 11 is 1.60. The molecular formula is C28H29NO5S. The summed E-state index contributed by atoms with van der Waals surface area (Å²) in [6, 6.07) is 22.8. The number of thioether (sulfide) groups is 1. The predicted octanol–water partition coefficient (Wildman–Crippen LogP) is 5.40. The first-order valence-corrected chi connectivity index (χ1v) is 12.9. The SMILES string of the molecule is COc1ccc(COC(=O)[C@@H](CCSC)NC(=O)OCC2c3ccccc3-c3ccccc32)cc1. The van der Waals surface area contributed by atoms with Gasteiger partial charge in [0.15, 0.2) is 0 Å². The molecule has 0 aliphatic heterocycles. The molecule has 0 saturated carbocycles. The van der Waals surface area contributed by atoms with Crippen LogP contribution in [0.3, 0.4) is 0 Å². The Balaban J connectivity index is 1.35. The van der Waals surface area contributed by atoms with E-state index in [1.807, 2.05) is 54.8 Å². The summed E-state index contributed by atoms with van der Waals surface area (Å²) in [6.45, 7) is 0.307. The Kier molecular flexibility index (Phi) is 8.32. The number of rotatable bonds is 10. The summed E-state index contributed by atoms with van der Waals surface area (Å²) in [5, 5.41) is 2.71. The molecule has 3 aromatic carbocycles. The molecule has 1 amide bonds. The van der Waals surface area contributed by atoms with Crippen LogP contribution in [-0.2, 0) is 20.9 Å². The van der Waals surface area contributed by atoms with Crippen LogP contribution in [0.15, 0.2) is 72.8 Å². The van der Waals surface area contributed by atoms with Crippen molar-refractivity contribution >= 4 is 23.8 Å². The van der Waals surface area contributed by atoms with Gasteiger partial charge < -0.3 is 19.5 Å². The lowest BCUT2D eigenvalue weighted by atomic mass is 9.98. The van der Waals surface area contributed by atoms with Gasteiger partial charge in [0, 0.05) is 5.92 Å². The average molecular weight is 492 g/mol. The van der Waals surface area contributed by atoms with Crippen molar-refractivity contribution in [2.24, 2.45) is 0 Å². The Morgan fingerprint density at radius 3 is 2.14 bits per heavy atom. The maximum atomic E-state index is 12.7. The summed E-state index contributed by atoms with van der Waals surface area (Å²) in [6.07, 6.45) is 1.78. The van der Waals surface area contributed by atoms with Crippen LogP contribution in [-0.4, -0.2) is 43.8 Å². The number of carbonyl (C=O) groups is 2. The van der Waals surface area contributed by atoms with Gasteiger partial charge in [0.25, 0.3) is 0 Å². The maximum Gasteiger partial charge on any atom is 0.407 e. The molecule has 1 atom stereocenters. The van der Waals surface area contributed by atoms with Crippen LogP contribution in [0.2, 0.25) is 0 Å². The lowest BCUT2D eigenvalue weighted by molar-refractivity contribution is -0.147. The van der Waals surface area contributed by atoms with Crippen LogP contribution >= 0.6 is 11.8 Å². The van der Waals surface area contributed by atoms with Crippen LogP contribution in [0.5, 0.6) is 5.75 Å². The van der Waals surface area contributed by atoms with E-state index in [0.717, 1.165) is 33.6 Å². The summed E-state index contributed by atoms with van der Waals surface area (Å²) < 4.78 is 16.2. The largest absolute Gasteiger partial charge is 0.497 e. The van der Waals surface area contributed by atoms with E-state index < -0.39 is 18.1 Å². The van der Waals surface area contributed by atoms with Crippen molar-refractivity contribution < 1.29 is 23.8 Å². The third-order valence-corrected chi connectivity index (χ3v) is 6.72. The normalized spacial score (nSPS) is 12.9. The second-order valence-electron chi connectivity index (χ2n) is 8.26. The summed E-state index contributed by atoms with van der Waals surface area (Å²) in [7, 11) is 1.60. The molecule has 0 spiro atoms.